The summed E-state index contributed by atoms with van der Waals surface area (Å²) in [5, 5.41) is 3.86. The van der Waals surface area contributed by atoms with Gasteiger partial charge in [-0.25, -0.2) is 0 Å². The van der Waals surface area contributed by atoms with Gasteiger partial charge >= 0.3 is 0 Å². The first-order chi connectivity index (χ1) is 13.2. The Balaban J connectivity index is 1.70. The van der Waals surface area contributed by atoms with Crippen LogP contribution in [0.15, 0.2) is 77.2 Å². The van der Waals surface area contributed by atoms with Crippen LogP contribution in [0.5, 0.6) is 5.75 Å². The summed E-state index contributed by atoms with van der Waals surface area (Å²) in [6, 6.07) is 23.2. The molecule has 4 heteroatoms. The quantitative estimate of drug-likeness (QED) is 0.512. The Hall–Kier alpha value is -3.53. The highest BCUT2D eigenvalue weighted by molar-refractivity contribution is 6.08. The fourth-order valence-electron chi connectivity index (χ4n) is 3.18. The van der Waals surface area contributed by atoms with E-state index in [1.54, 1.807) is 7.11 Å². The molecule has 0 saturated heterocycles. The number of anilines is 1. The molecule has 0 bridgehead atoms. The molecule has 0 fully saturated rings. The molecule has 1 aromatic heterocycles. The van der Waals surface area contributed by atoms with E-state index in [1.807, 2.05) is 79.7 Å². The first-order valence-electron chi connectivity index (χ1n) is 8.70. The molecule has 0 saturated carbocycles. The number of aryl methyl sites for hydroxylation is 1. The summed E-state index contributed by atoms with van der Waals surface area (Å²) in [5.74, 6) is 0.764. The minimum Gasteiger partial charge on any atom is -0.497 e. The highest BCUT2D eigenvalue weighted by atomic mass is 16.5. The van der Waals surface area contributed by atoms with Crippen LogP contribution in [-0.4, -0.2) is 13.0 Å². The number of amides is 1. The Kier molecular flexibility index (Phi) is 4.38. The largest absolute Gasteiger partial charge is 0.497 e. The van der Waals surface area contributed by atoms with Crippen LogP contribution in [-0.2, 0) is 0 Å². The standard InChI is InChI=1S/C23H19NO3/c1-15-19-14-17(26-2)12-13-21(19)27-22(15)23(25)24-20-11-7-6-10-18(20)16-8-4-3-5-9-16/h3-14H,1-2H3,(H,24,25). The van der Waals surface area contributed by atoms with E-state index in [4.69, 9.17) is 9.15 Å². The summed E-state index contributed by atoms with van der Waals surface area (Å²) in [6.07, 6.45) is 0. The summed E-state index contributed by atoms with van der Waals surface area (Å²) in [6.45, 7) is 1.88. The molecular formula is C23H19NO3. The van der Waals surface area contributed by atoms with Crippen molar-refractivity contribution in [2.45, 2.75) is 6.92 Å². The summed E-state index contributed by atoms with van der Waals surface area (Å²) < 4.78 is 11.1. The number of ether oxygens (including phenoxy) is 1. The maximum Gasteiger partial charge on any atom is 0.291 e. The number of rotatable bonds is 4. The molecule has 4 rings (SSSR count). The van der Waals surface area contributed by atoms with Crippen LogP contribution in [0.3, 0.4) is 0 Å². The van der Waals surface area contributed by atoms with Gasteiger partial charge in [0.15, 0.2) is 5.76 Å². The third-order valence-corrected chi connectivity index (χ3v) is 4.61. The second kappa shape index (κ2) is 7.00. The predicted molar refractivity (Wildman–Crippen MR) is 107 cm³/mol. The van der Waals surface area contributed by atoms with Gasteiger partial charge in [-0.15, -0.1) is 0 Å². The van der Waals surface area contributed by atoms with Crippen LogP contribution in [0.25, 0.3) is 22.1 Å². The maximum atomic E-state index is 12.9. The summed E-state index contributed by atoms with van der Waals surface area (Å²) in [5.41, 5.74) is 4.20. The molecule has 1 heterocycles. The molecular weight excluding hydrogens is 338 g/mol. The van der Waals surface area contributed by atoms with Gasteiger partial charge in [-0.3, -0.25) is 4.79 Å². The van der Waals surface area contributed by atoms with E-state index in [9.17, 15) is 4.79 Å². The van der Waals surface area contributed by atoms with E-state index in [-0.39, 0.29) is 5.91 Å². The van der Waals surface area contributed by atoms with E-state index in [0.29, 0.717) is 11.3 Å². The Morgan fingerprint density at radius 3 is 2.48 bits per heavy atom. The number of para-hydroxylation sites is 1. The molecule has 0 radical (unpaired) electrons. The molecule has 3 aromatic carbocycles. The number of furan rings is 1. The van der Waals surface area contributed by atoms with Crippen molar-refractivity contribution in [3.05, 3.63) is 84.1 Å². The summed E-state index contributed by atoms with van der Waals surface area (Å²) in [4.78, 5) is 12.9. The lowest BCUT2D eigenvalue weighted by Crippen LogP contribution is -2.12. The fraction of sp³-hybridized carbons (Fsp3) is 0.0870. The number of fused-ring (bicyclic) bond motifs is 1. The Morgan fingerprint density at radius 2 is 1.70 bits per heavy atom. The lowest BCUT2D eigenvalue weighted by atomic mass is 10.0. The van der Waals surface area contributed by atoms with Crippen molar-refractivity contribution in [1.82, 2.24) is 0 Å². The number of methoxy groups -OCH3 is 1. The highest BCUT2D eigenvalue weighted by Gasteiger charge is 2.19. The Morgan fingerprint density at radius 1 is 0.963 bits per heavy atom. The van der Waals surface area contributed by atoms with Crippen LogP contribution in [0, 0.1) is 6.92 Å². The van der Waals surface area contributed by atoms with Gasteiger partial charge in [0.2, 0.25) is 0 Å². The van der Waals surface area contributed by atoms with Crippen molar-refractivity contribution in [2.75, 3.05) is 12.4 Å². The van der Waals surface area contributed by atoms with Crippen molar-refractivity contribution >= 4 is 22.6 Å². The van der Waals surface area contributed by atoms with Gasteiger partial charge in [0.05, 0.1) is 7.11 Å². The van der Waals surface area contributed by atoms with Crippen molar-refractivity contribution in [3.63, 3.8) is 0 Å². The molecule has 0 unspecified atom stereocenters. The summed E-state index contributed by atoms with van der Waals surface area (Å²) in [7, 11) is 1.62. The Labute approximate surface area is 157 Å². The molecule has 0 aliphatic heterocycles. The van der Waals surface area contributed by atoms with Crippen molar-refractivity contribution < 1.29 is 13.9 Å². The lowest BCUT2D eigenvalue weighted by Gasteiger charge is -2.10. The van der Waals surface area contributed by atoms with Crippen LogP contribution in [0.4, 0.5) is 5.69 Å². The van der Waals surface area contributed by atoms with Gasteiger partial charge in [-0.1, -0.05) is 48.5 Å². The number of nitrogens with one attached hydrogen (secondary N) is 1. The molecule has 0 aliphatic rings. The van der Waals surface area contributed by atoms with Crippen LogP contribution in [0.1, 0.15) is 16.1 Å². The van der Waals surface area contributed by atoms with Crippen molar-refractivity contribution in [2.24, 2.45) is 0 Å². The molecule has 0 atom stereocenters. The molecule has 1 N–H and O–H groups in total. The second-order valence-corrected chi connectivity index (χ2v) is 6.28. The highest BCUT2D eigenvalue weighted by Crippen LogP contribution is 2.31. The van der Waals surface area contributed by atoms with Gasteiger partial charge in [0.25, 0.3) is 5.91 Å². The average Bonchev–Trinajstić information content (AvgIpc) is 3.05. The van der Waals surface area contributed by atoms with Gasteiger partial charge in [0, 0.05) is 22.2 Å². The SMILES string of the molecule is COc1ccc2oc(C(=O)Nc3ccccc3-c3ccccc3)c(C)c2c1. The zero-order chi connectivity index (χ0) is 18.8. The first kappa shape index (κ1) is 16.9. The fourth-order valence-corrected chi connectivity index (χ4v) is 3.18. The van der Waals surface area contributed by atoms with E-state index in [2.05, 4.69) is 5.32 Å². The predicted octanol–water partition coefficient (Wildman–Crippen LogP) is 5.67. The van der Waals surface area contributed by atoms with Crippen LogP contribution in [0.2, 0.25) is 0 Å². The van der Waals surface area contributed by atoms with Gasteiger partial charge in [-0.2, -0.15) is 0 Å². The minimum absolute atomic E-state index is 0.272. The van der Waals surface area contributed by atoms with E-state index < -0.39 is 0 Å². The number of benzene rings is 3. The molecule has 1 amide bonds. The Bertz CT molecular complexity index is 1110. The smallest absolute Gasteiger partial charge is 0.291 e. The first-order valence-corrected chi connectivity index (χ1v) is 8.70. The normalized spacial score (nSPS) is 10.7. The van der Waals surface area contributed by atoms with E-state index >= 15 is 0 Å². The minimum atomic E-state index is -0.272. The van der Waals surface area contributed by atoms with Crippen LogP contribution < -0.4 is 10.1 Å². The summed E-state index contributed by atoms with van der Waals surface area (Å²) >= 11 is 0. The third kappa shape index (κ3) is 3.17. The number of carbonyl (C=O) groups is 1. The number of hydrogen-bond acceptors (Lipinski definition) is 3. The molecule has 0 aliphatic carbocycles. The van der Waals surface area contributed by atoms with Crippen molar-refractivity contribution in [1.29, 1.82) is 0 Å². The third-order valence-electron chi connectivity index (χ3n) is 4.61. The zero-order valence-electron chi connectivity index (χ0n) is 15.2. The maximum absolute atomic E-state index is 12.9. The van der Waals surface area contributed by atoms with E-state index in [0.717, 1.165) is 33.5 Å². The van der Waals surface area contributed by atoms with Gasteiger partial charge in [0.1, 0.15) is 11.3 Å². The lowest BCUT2D eigenvalue weighted by molar-refractivity contribution is 0.0998. The van der Waals surface area contributed by atoms with Gasteiger partial charge < -0.3 is 14.5 Å². The molecule has 0 spiro atoms. The van der Waals surface area contributed by atoms with E-state index in [1.165, 1.54) is 0 Å². The van der Waals surface area contributed by atoms with Crippen molar-refractivity contribution in [3.8, 4) is 16.9 Å². The number of carbonyl (C=O) groups excluding carboxylic acids is 1. The van der Waals surface area contributed by atoms with Gasteiger partial charge in [-0.05, 0) is 36.8 Å². The molecule has 4 nitrogen and oxygen atoms in total. The second-order valence-electron chi connectivity index (χ2n) is 6.28. The van der Waals surface area contributed by atoms with Crippen LogP contribution >= 0.6 is 0 Å². The molecule has 4 aromatic rings. The average molecular weight is 357 g/mol. The monoisotopic (exact) mass is 357 g/mol. The molecule has 27 heavy (non-hydrogen) atoms. The zero-order valence-corrected chi connectivity index (χ0v) is 15.2. The topological polar surface area (TPSA) is 51.5 Å². The number of hydrogen-bond donors (Lipinski definition) is 1. The molecule has 134 valence electrons.